The Morgan fingerprint density at radius 3 is 2.37 bits per heavy atom. The molecule has 156 valence electrons. The molecule has 1 aliphatic heterocycles. The number of nitrogens with zero attached hydrogens (tertiary/aromatic N) is 1. The number of anilines is 1. The molecule has 1 saturated heterocycles. The summed E-state index contributed by atoms with van der Waals surface area (Å²) >= 11 is 0.868. The zero-order valence-electron chi connectivity index (χ0n) is 16.0. The quantitative estimate of drug-likeness (QED) is 0.634. The topological polar surface area (TPSA) is 113 Å². The predicted molar refractivity (Wildman–Crippen MR) is 116 cm³/mol. The van der Waals surface area contributed by atoms with Crippen LogP contribution in [-0.2, 0) is 14.8 Å². The van der Waals surface area contributed by atoms with Crippen LogP contribution in [-0.4, -0.2) is 49.7 Å². The smallest absolute Gasteiger partial charge is 0.293 e. The van der Waals surface area contributed by atoms with Crippen LogP contribution >= 0.6 is 11.8 Å². The minimum Gasteiger partial charge on any atom is -0.350 e. The van der Waals surface area contributed by atoms with E-state index in [0.29, 0.717) is 16.2 Å². The van der Waals surface area contributed by atoms with Crippen molar-refractivity contribution in [2.75, 3.05) is 24.1 Å². The predicted octanol–water partition coefficient (Wildman–Crippen LogP) is 2.52. The Bertz CT molecular complexity index is 1100. The third-order valence-corrected chi connectivity index (χ3v) is 5.56. The first-order valence-electron chi connectivity index (χ1n) is 8.89. The maximum absolute atomic E-state index is 12.5. The summed E-state index contributed by atoms with van der Waals surface area (Å²) < 4.78 is 24.7. The number of sulfonamides is 1. The molecular formula is C20H19N3O5S2. The molecule has 30 heavy (non-hydrogen) atoms. The number of nitrogens with one attached hydrogen (secondary N) is 2. The lowest BCUT2D eigenvalue weighted by atomic mass is 10.2. The number of amides is 3. The van der Waals surface area contributed by atoms with Crippen LogP contribution in [0.4, 0.5) is 10.5 Å². The molecule has 2 N–H and O–H groups in total. The van der Waals surface area contributed by atoms with Gasteiger partial charge < -0.3 is 5.32 Å². The van der Waals surface area contributed by atoms with Gasteiger partial charge in [-0.15, -0.1) is 0 Å². The highest BCUT2D eigenvalue weighted by Gasteiger charge is 2.34. The van der Waals surface area contributed by atoms with Gasteiger partial charge in [-0.05, 0) is 47.7 Å². The molecule has 0 radical (unpaired) electrons. The summed E-state index contributed by atoms with van der Waals surface area (Å²) in [5.74, 6) is -0.785. The normalized spacial score (nSPS) is 15.5. The summed E-state index contributed by atoms with van der Waals surface area (Å²) in [5.41, 5.74) is 1.49. The zero-order chi connectivity index (χ0) is 21.7. The van der Waals surface area contributed by atoms with E-state index in [-0.39, 0.29) is 24.2 Å². The van der Waals surface area contributed by atoms with Crippen molar-refractivity contribution in [1.29, 1.82) is 0 Å². The van der Waals surface area contributed by atoms with Crippen molar-refractivity contribution in [1.82, 2.24) is 10.2 Å². The monoisotopic (exact) mass is 445 g/mol. The van der Waals surface area contributed by atoms with Crippen LogP contribution in [0.1, 0.15) is 15.9 Å². The maximum atomic E-state index is 12.5. The van der Waals surface area contributed by atoms with Crippen molar-refractivity contribution in [3.63, 3.8) is 0 Å². The molecule has 2 aromatic carbocycles. The van der Waals surface area contributed by atoms with Crippen LogP contribution in [0.5, 0.6) is 0 Å². The van der Waals surface area contributed by atoms with E-state index in [9.17, 15) is 22.8 Å². The second-order valence-corrected chi connectivity index (χ2v) is 9.19. The molecule has 3 amide bonds. The van der Waals surface area contributed by atoms with Crippen LogP contribution < -0.4 is 10.0 Å². The van der Waals surface area contributed by atoms with Crippen LogP contribution in [0.2, 0.25) is 0 Å². The average molecular weight is 446 g/mol. The van der Waals surface area contributed by atoms with Crippen molar-refractivity contribution >= 4 is 50.6 Å². The second-order valence-electron chi connectivity index (χ2n) is 6.45. The zero-order valence-corrected chi connectivity index (χ0v) is 17.6. The molecule has 0 bridgehead atoms. The van der Waals surface area contributed by atoms with E-state index >= 15 is 0 Å². The Balaban J connectivity index is 1.54. The third kappa shape index (κ3) is 5.71. The third-order valence-electron chi connectivity index (χ3n) is 4.04. The molecule has 0 unspecified atom stereocenters. The fourth-order valence-electron chi connectivity index (χ4n) is 2.68. The number of rotatable bonds is 7. The molecule has 1 aliphatic rings. The van der Waals surface area contributed by atoms with Crippen molar-refractivity contribution in [2.45, 2.75) is 0 Å². The fourth-order valence-corrected chi connectivity index (χ4v) is 4.11. The molecule has 0 aromatic heterocycles. The Hall–Kier alpha value is -3.11. The summed E-state index contributed by atoms with van der Waals surface area (Å²) in [6, 6.07) is 15.1. The average Bonchev–Trinajstić information content (AvgIpc) is 2.95. The summed E-state index contributed by atoms with van der Waals surface area (Å²) in [5, 5.41) is 2.26. The SMILES string of the molecule is CS(=O)(=O)Nc1ccc(C(=O)NCCN2C(=O)S/C(=C\c3ccccc3)C2=O)cc1. The Labute approximate surface area is 178 Å². The van der Waals surface area contributed by atoms with Gasteiger partial charge in [0, 0.05) is 24.3 Å². The van der Waals surface area contributed by atoms with E-state index < -0.39 is 15.9 Å². The van der Waals surface area contributed by atoms with Gasteiger partial charge in [-0.25, -0.2) is 8.42 Å². The maximum Gasteiger partial charge on any atom is 0.293 e. The molecule has 1 heterocycles. The van der Waals surface area contributed by atoms with E-state index in [1.807, 2.05) is 30.3 Å². The van der Waals surface area contributed by atoms with Gasteiger partial charge in [0.2, 0.25) is 10.0 Å². The number of imide groups is 1. The molecule has 1 fully saturated rings. The minimum absolute atomic E-state index is 0.0518. The molecule has 0 saturated carbocycles. The molecule has 2 aromatic rings. The van der Waals surface area contributed by atoms with E-state index in [2.05, 4.69) is 10.0 Å². The Morgan fingerprint density at radius 1 is 1.07 bits per heavy atom. The molecule has 0 atom stereocenters. The van der Waals surface area contributed by atoms with E-state index in [1.54, 1.807) is 6.08 Å². The van der Waals surface area contributed by atoms with Crippen LogP contribution in [0.15, 0.2) is 59.5 Å². The molecule has 0 spiro atoms. The highest BCUT2D eigenvalue weighted by Crippen LogP contribution is 2.31. The highest BCUT2D eigenvalue weighted by atomic mass is 32.2. The van der Waals surface area contributed by atoms with Gasteiger partial charge in [0.1, 0.15) is 0 Å². The van der Waals surface area contributed by atoms with Gasteiger partial charge in [-0.1, -0.05) is 30.3 Å². The standard InChI is InChI=1S/C20H19N3O5S2/c1-30(27,28)22-16-9-7-15(8-10-16)18(24)21-11-12-23-19(25)17(29-20(23)26)13-14-5-3-2-4-6-14/h2-10,13,22H,11-12H2,1H3,(H,21,24)/b17-13-. The fraction of sp³-hybridized carbons (Fsp3) is 0.150. The van der Waals surface area contributed by atoms with Crippen LogP contribution in [0, 0.1) is 0 Å². The van der Waals surface area contributed by atoms with Crippen molar-refractivity contribution in [3.05, 3.63) is 70.6 Å². The lowest BCUT2D eigenvalue weighted by molar-refractivity contribution is -0.122. The summed E-state index contributed by atoms with van der Waals surface area (Å²) in [6.07, 6.45) is 2.70. The lowest BCUT2D eigenvalue weighted by Gasteiger charge is -2.13. The van der Waals surface area contributed by atoms with Crippen molar-refractivity contribution < 1.29 is 22.8 Å². The lowest BCUT2D eigenvalue weighted by Crippen LogP contribution is -2.37. The van der Waals surface area contributed by atoms with E-state index in [0.717, 1.165) is 28.5 Å². The van der Waals surface area contributed by atoms with Gasteiger partial charge in [0.25, 0.3) is 17.1 Å². The molecule has 10 heteroatoms. The highest BCUT2D eigenvalue weighted by molar-refractivity contribution is 8.18. The largest absolute Gasteiger partial charge is 0.350 e. The van der Waals surface area contributed by atoms with Crippen LogP contribution in [0.25, 0.3) is 6.08 Å². The van der Waals surface area contributed by atoms with Gasteiger partial charge in [0.15, 0.2) is 0 Å². The van der Waals surface area contributed by atoms with Gasteiger partial charge in [-0.2, -0.15) is 0 Å². The number of thioether (sulfide) groups is 1. The first-order chi connectivity index (χ1) is 14.2. The Kier molecular flexibility index (Phi) is 6.58. The number of carbonyl (C=O) groups excluding carboxylic acids is 3. The van der Waals surface area contributed by atoms with Gasteiger partial charge in [-0.3, -0.25) is 24.0 Å². The van der Waals surface area contributed by atoms with E-state index in [4.69, 9.17) is 0 Å². The first-order valence-corrected chi connectivity index (χ1v) is 11.6. The second kappa shape index (κ2) is 9.14. The molecule has 0 aliphatic carbocycles. The van der Waals surface area contributed by atoms with Gasteiger partial charge in [0.05, 0.1) is 11.2 Å². The number of benzene rings is 2. The number of hydrogen-bond donors (Lipinski definition) is 2. The number of hydrogen-bond acceptors (Lipinski definition) is 6. The first kappa shape index (κ1) is 21.6. The van der Waals surface area contributed by atoms with E-state index in [1.165, 1.54) is 24.3 Å². The molecule has 3 rings (SSSR count). The van der Waals surface area contributed by atoms with Crippen molar-refractivity contribution in [3.8, 4) is 0 Å². The minimum atomic E-state index is -3.40. The van der Waals surface area contributed by atoms with Crippen LogP contribution in [0.3, 0.4) is 0 Å². The summed E-state index contributed by atoms with van der Waals surface area (Å²) in [6.45, 7) is 0.148. The Morgan fingerprint density at radius 2 is 1.73 bits per heavy atom. The molecule has 8 nitrogen and oxygen atoms in total. The number of carbonyl (C=O) groups is 3. The van der Waals surface area contributed by atoms with Crippen molar-refractivity contribution in [2.24, 2.45) is 0 Å². The van der Waals surface area contributed by atoms with Gasteiger partial charge >= 0.3 is 0 Å². The summed E-state index contributed by atoms with van der Waals surface area (Å²) in [7, 11) is -3.40. The summed E-state index contributed by atoms with van der Waals surface area (Å²) in [4.78, 5) is 38.3. The molecular weight excluding hydrogens is 426 g/mol.